The number of ether oxygens (including phenoxy) is 2. The van der Waals surface area contributed by atoms with Gasteiger partial charge < -0.3 is 9.47 Å². The van der Waals surface area contributed by atoms with Gasteiger partial charge in [0.1, 0.15) is 0 Å². The minimum absolute atomic E-state index is 0.233. The number of hydrogen-bond donors (Lipinski definition) is 0. The Bertz CT molecular complexity index is 739. The quantitative estimate of drug-likeness (QED) is 0.579. The first kappa shape index (κ1) is 19.8. The van der Waals surface area contributed by atoms with Gasteiger partial charge in [-0.3, -0.25) is 9.79 Å². The Labute approximate surface area is 154 Å². The van der Waals surface area contributed by atoms with Crippen molar-refractivity contribution in [2.75, 3.05) is 7.11 Å². The normalized spacial score (nSPS) is 17.6. The van der Waals surface area contributed by atoms with Crippen LogP contribution in [0.1, 0.15) is 32.8 Å². The molecule has 0 saturated heterocycles. The molecule has 0 saturated carbocycles. The van der Waals surface area contributed by atoms with E-state index in [2.05, 4.69) is 4.99 Å². The number of nitrogens with zero attached hydrogens (tertiary/aromatic N) is 1. The third-order valence-corrected chi connectivity index (χ3v) is 3.78. The Balaban J connectivity index is 2.13. The van der Waals surface area contributed by atoms with Crippen molar-refractivity contribution in [1.82, 2.24) is 0 Å². The number of hydrogen-bond acceptors (Lipinski definition) is 5. The van der Waals surface area contributed by atoms with Gasteiger partial charge in [-0.1, -0.05) is 36.4 Å². The van der Waals surface area contributed by atoms with E-state index in [1.807, 2.05) is 51.1 Å². The minimum atomic E-state index is -0.491. The summed E-state index contributed by atoms with van der Waals surface area (Å²) in [5.74, 6) is -0.725. The molecule has 5 nitrogen and oxygen atoms in total. The molecule has 1 aromatic carbocycles. The summed E-state index contributed by atoms with van der Waals surface area (Å²) in [6, 6.07) is 9.71. The Morgan fingerprint density at radius 3 is 2.54 bits per heavy atom. The first-order valence-corrected chi connectivity index (χ1v) is 8.55. The molecule has 138 valence electrons. The van der Waals surface area contributed by atoms with Gasteiger partial charge in [0.25, 0.3) is 0 Å². The number of carbonyl (C=O) groups excluding carboxylic acids is 2. The highest BCUT2D eigenvalue weighted by molar-refractivity contribution is 6.36. The molecule has 1 aliphatic rings. The average molecular weight is 355 g/mol. The lowest BCUT2D eigenvalue weighted by atomic mass is 9.94. The van der Waals surface area contributed by atoms with Crippen LogP contribution in [-0.4, -0.2) is 36.7 Å². The molecule has 0 fully saturated rings. The molecule has 0 radical (unpaired) electrons. The maximum Gasteiger partial charge on any atom is 0.336 e. The summed E-state index contributed by atoms with van der Waals surface area (Å²) in [6.07, 6.45) is 4.61. The zero-order valence-electron chi connectivity index (χ0n) is 15.7. The van der Waals surface area contributed by atoms with Crippen LogP contribution in [0.3, 0.4) is 0 Å². The van der Waals surface area contributed by atoms with Crippen LogP contribution in [0.2, 0.25) is 0 Å². The van der Waals surface area contributed by atoms with Crippen molar-refractivity contribution in [2.24, 2.45) is 4.99 Å². The average Bonchev–Trinajstić information content (AvgIpc) is 2.64. The molecule has 0 N–H and O–H groups in total. The minimum Gasteiger partial charge on any atom is -0.466 e. The number of benzene rings is 1. The second kappa shape index (κ2) is 8.72. The summed E-state index contributed by atoms with van der Waals surface area (Å²) in [5, 5.41) is 0. The van der Waals surface area contributed by atoms with Crippen LogP contribution in [-0.2, 0) is 25.7 Å². The Hall–Kier alpha value is -2.53. The van der Waals surface area contributed by atoms with E-state index in [9.17, 15) is 9.59 Å². The van der Waals surface area contributed by atoms with E-state index in [4.69, 9.17) is 9.47 Å². The highest BCUT2D eigenvalue weighted by atomic mass is 16.5. The van der Waals surface area contributed by atoms with Crippen LogP contribution in [0.15, 0.2) is 58.6 Å². The van der Waals surface area contributed by atoms with Gasteiger partial charge in [0.05, 0.1) is 37.1 Å². The maximum absolute atomic E-state index is 12.3. The molecule has 1 aliphatic carbocycles. The van der Waals surface area contributed by atoms with Crippen molar-refractivity contribution in [1.29, 1.82) is 0 Å². The summed E-state index contributed by atoms with van der Waals surface area (Å²) in [4.78, 5) is 28.7. The summed E-state index contributed by atoms with van der Waals surface area (Å²) >= 11 is 0. The van der Waals surface area contributed by atoms with E-state index in [-0.39, 0.29) is 11.3 Å². The number of aliphatic imine (C=N–C) groups is 1. The standard InChI is InChI=1S/C21H25NO4/c1-21(2,3)22-13-18(23)16-10-11-19(17(12-16)20(24)25-4)26-14-15-8-6-5-7-9-15/h5-10,12-13,19H,11,14H2,1-4H3/b22-13+. The van der Waals surface area contributed by atoms with Crippen LogP contribution in [0, 0.1) is 0 Å². The third-order valence-electron chi connectivity index (χ3n) is 3.78. The topological polar surface area (TPSA) is 65.0 Å². The van der Waals surface area contributed by atoms with Gasteiger partial charge in [-0.25, -0.2) is 4.79 Å². The fraction of sp³-hybridized carbons (Fsp3) is 0.381. The summed E-state index contributed by atoms with van der Waals surface area (Å²) in [6.45, 7) is 6.11. The zero-order chi connectivity index (χ0) is 19.2. The first-order valence-electron chi connectivity index (χ1n) is 8.55. The van der Waals surface area contributed by atoms with Gasteiger partial charge in [-0.05, 0) is 38.8 Å². The number of methoxy groups -OCH3 is 1. The van der Waals surface area contributed by atoms with Crippen molar-refractivity contribution in [3.63, 3.8) is 0 Å². The number of esters is 1. The van der Waals surface area contributed by atoms with Crippen LogP contribution in [0.25, 0.3) is 0 Å². The second-order valence-electron chi connectivity index (χ2n) is 7.06. The monoisotopic (exact) mass is 355 g/mol. The molecule has 0 aliphatic heterocycles. The Morgan fingerprint density at radius 1 is 1.23 bits per heavy atom. The highest BCUT2D eigenvalue weighted by Crippen LogP contribution is 2.23. The van der Waals surface area contributed by atoms with Gasteiger partial charge in [-0.15, -0.1) is 0 Å². The number of carbonyl (C=O) groups is 2. The summed E-state index contributed by atoms with van der Waals surface area (Å²) < 4.78 is 10.7. The number of rotatable bonds is 6. The van der Waals surface area contributed by atoms with E-state index in [0.717, 1.165) is 5.56 Å². The molecule has 1 unspecified atom stereocenters. The Morgan fingerprint density at radius 2 is 1.92 bits per heavy atom. The maximum atomic E-state index is 12.3. The van der Waals surface area contributed by atoms with Gasteiger partial charge in [-0.2, -0.15) is 0 Å². The zero-order valence-corrected chi connectivity index (χ0v) is 15.7. The second-order valence-corrected chi connectivity index (χ2v) is 7.06. The lowest BCUT2D eigenvalue weighted by Gasteiger charge is -2.22. The molecule has 2 rings (SSSR count). The van der Waals surface area contributed by atoms with E-state index >= 15 is 0 Å². The van der Waals surface area contributed by atoms with Gasteiger partial charge in [0.2, 0.25) is 5.78 Å². The predicted molar refractivity (Wildman–Crippen MR) is 101 cm³/mol. The SMILES string of the molecule is COC(=O)C1=CC(C(=O)/C=N/C(C)(C)C)=CCC1OCc1ccccc1. The number of Topliss-reactive ketones (excluding diaryl/α,β-unsaturated/α-hetero) is 1. The molecule has 5 heteroatoms. The smallest absolute Gasteiger partial charge is 0.336 e. The molecular formula is C21H25NO4. The molecule has 0 spiro atoms. The van der Waals surface area contributed by atoms with Crippen LogP contribution in [0.4, 0.5) is 0 Å². The van der Waals surface area contributed by atoms with Gasteiger partial charge >= 0.3 is 5.97 Å². The van der Waals surface area contributed by atoms with Crippen LogP contribution >= 0.6 is 0 Å². The van der Waals surface area contributed by atoms with E-state index in [1.54, 1.807) is 12.2 Å². The largest absolute Gasteiger partial charge is 0.466 e. The van der Waals surface area contributed by atoms with Crippen molar-refractivity contribution < 1.29 is 19.1 Å². The van der Waals surface area contributed by atoms with Crippen molar-refractivity contribution >= 4 is 18.0 Å². The molecule has 0 aromatic heterocycles. The first-order chi connectivity index (χ1) is 12.3. The van der Waals surface area contributed by atoms with Crippen molar-refractivity contribution in [2.45, 2.75) is 45.4 Å². The van der Waals surface area contributed by atoms with E-state index in [1.165, 1.54) is 13.3 Å². The Kier molecular flexibility index (Phi) is 6.64. The fourth-order valence-corrected chi connectivity index (χ4v) is 2.42. The van der Waals surface area contributed by atoms with Crippen molar-refractivity contribution in [3.8, 4) is 0 Å². The molecule has 0 bridgehead atoms. The lowest BCUT2D eigenvalue weighted by molar-refractivity contribution is -0.137. The highest BCUT2D eigenvalue weighted by Gasteiger charge is 2.27. The summed E-state index contributed by atoms with van der Waals surface area (Å²) in [5.41, 5.74) is 1.46. The van der Waals surface area contributed by atoms with Crippen molar-refractivity contribution in [3.05, 3.63) is 59.2 Å². The predicted octanol–water partition coefficient (Wildman–Crippen LogP) is 3.44. The van der Waals surface area contributed by atoms with Gasteiger partial charge in [0, 0.05) is 5.57 Å². The third kappa shape index (κ3) is 5.77. The number of allylic oxidation sites excluding steroid dienone is 2. The van der Waals surface area contributed by atoms with Crippen LogP contribution < -0.4 is 0 Å². The van der Waals surface area contributed by atoms with Crippen LogP contribution in [0.5, 0.6) is 0 Å². The molecule has 0 amide bonds. The molecule has 26 heavy (non-hydrogen) atoms. The molecular weight excluding hydrogens is 330 g/mol. The lowest BCUT2D eigenvalue weighted by Crippen LogP contribution is -2.26. The van der Waals surface area contributed by atoms with Gasteiger partial charge in [0.15, 0.2) is 0 Å². The molecule has 1 aromatic rings. The molecule has 0 heterocycles. The molecule has 1 atom stereocenters. The fourth-order valence-electron chi connectivity index (χ4n) is 2.42. The number of ketones is 1. The van der Waals surface area contributed by atoms with E-state index < -0.39 is 12.1 Å². The summed E-state index contributed by atoms with van der Waals surface area (Å²) in [7, 11) is 1.32. The van der Waals surface area contributed by atoms with E-state index in [0.29, 0.717) is 24.2 Å².